The smallest absolute Gasteiger partial charge is 0.255 e. The minimum atomic E-state index is -0.00589. The number of H-pyrrole nitrogens is 1. The minimum absolute atomic E-state index is 0.00589. The summed E-state index contributed by atoms with van der Waals surface area (Å²) in [5, 5.41) is 0. The SMILES string of the molecule is C#Cc1ccccc1CN1CCc2nc(C(C)C)[nH]c(=O)c2C1. The first-order chi connectivity index (χ1) is 11.1. The lowest BCUT2D eigenvalue weighted by molar-refractivity contribution is 0.241. The van der Waals surface area contributed by atoms with Gasteiger partial charge in [0.2, 0.25) is 0 Å². The summed E-state index contributed by atoms with van der Waals surface area (Å²) >= 11 is 0. The highest BCUT2D eigenvalue weighted by Gasteiger charge is 2.22. The molecule has 4 heteroatoms. The molecule has 118 valence electrons. The van der Waals surface area contributed by atoms with Crippen molar-refractivity contribution in [3.63, 3.8) is 0 Å². The fraction of sp³-hybridized carbons (Fsp3) is 0.368. The van der Waals surface area contributed by atoms with Gasteiger partial charge in [-0.2, -0.15) is 0 Å². The van der Waals surface area contributed by atoms with Gasteiger partial charge in [-0.25, -0.2) is 4.98 Å². The first kappa shape index (κ1) is 15.5. The number of rotatable bonds is 3. The summed E-state index contributed by atoms with van der Waals surface area (Å²) in [6.07, 6.45) is 6.37. The molecule has 2 aromatic rings. The van der Waals surface area contributed by atoms with Crippen LogP contribution in [0.4, 0.5) is 0 Å². The lowest BCUT2D eigenvalue weighted by Crippen LogP contribution is -2.36. The van der Waals surface area contributed by atoms with E-state index in [0.29, 0.717) is 6.54 Å². The Morgan fingerprint density at radius 1 is 1.39 bits per heavy atom. The second kappa shape index (κ2) is 6.39. The zero-order valence-corrected chi connectivity index (χ0v) is 13.6. The normalized spacial score (nSPS) is 14.5. The molecule has 4 nitrogen and oxygen atoms in total. The van der Waals surface area contributed by atoms with Crippen LogP contribution in [0.1, 0.15) is 48.0 Å². The number of nitrogens with zero attached hydrogens (tertiary/aromatic N) is 2. The molecule has 0 fully saturated rings. The maximum atomic E-state index is 12.4. The molecule has 23 heavy (non-hydrogen) atoms. The van der Waals surface area contributed by atoms with Crippen molar-refractivity contribution in [2.75, 3.05) is 6.54 Å². The predicted molar refractivity (Wildman–Crippen MR) is 91.1 cm³/mol. The van der Waals surface area contributed by atoms with Crippen LogP contribution in [-0.2, 0) is 19.5 Å². The molecule has 2 heterocycles. The van der Waals surface area contributed by atoms with E-state index in [-0.39, 0.29) is 11.5 Å². The van der Waals surface area contributed by atoms with E-state index >= 15 is 0 Å². The van der Waals surface area contributed by atoms with Gasteiger partial charge in [0.25, 0.3) is 5.56 Å². The standard InChI is InChI=1S/C19H21N3O/c1-4-14-7-5-6-8-15(14)11-22-10-9-17-16(12-22)19(23)21-18(20-17)13(2)3/h1,5-8,13H,9-12H2,2-3H3,(H,20,21,23). The summed E-state index contributed by atoms with van der Waals surface area (Å²) in [5.74, 6) is 3.74. The third-order valence-corrected chi connectivity index (χ3v) is 4.28. The van der Waals surface area contributed by atoms with E-state index in [1.54, 1.807) is 0 Å². The van der Waals surface area contributed by atoms with E-state index in [1.165, 1.54) is 0 Å². The molecular weight excluding hydrogens is 286 g/mol. The molecule has 0 aliphatic carbocycles. The average molecular weight is 307 g/mol. The van der Waals surface area contributed by atoms with E-state index in [0.717, 1.165) is 47.7 Å². The summed E-state index contributed by atoms with van der Waals surface area (Å²) in [5.41, 5.74) is 3.77. The van der Waals surface area contributed by atoms with Crippen LogP contribution in [0.2, 0.25) is 0 Å². The molecule has 0 spiro atoms. The van der Waals surface area contributed by atoms with Gasteiger partial charge in [-0.05, 0) is 11.6 Å². The van der Waals surface area contributed by atoms with E-state index in [4.69, 9.17) is 6.42 Å². The average Bonchev–Trinajstić information content (AvgIpc) is 2.55. The maximum Gasteiger partial charge on any atom is 0.255 e. The fourth-order valence-electron chi connectivity index (χ4n) is 2.95. The van der Waals surface area contributed by atoms with Gasteiger partial charge in [0.15, 0.2) is 0 Å². The molecular formula is C19H21N3O. The Balaban J connectivity index is 1.84. The zero-order valence-electron chi connectivity index (χ0n) is 13.6. The highest BCUT2D eigenvalue weighted by Crippen LogP contribution is 2.19. The van der Waals surface area contributed by atoms with E-state index < -0.39 is 0 Å². The molecule has 0 radical (unpaired) electrons. The molecule has 0 unspecified atom stereocenters. The number of fused-ring (bicyclic) bond motifs is 1. The largest absolute Gasteiger partial charge is 0.310 e. The Kier molecular flexibility index (Phi) is 4.31. The first-order valence-corrected chi connectivity index (χ1v) is 7.97. The van der Waals surface area contributed by atoms with Crippen LogP contribution in [0.15, 0.2) is 29.1 Å². The predicted octanol–water partition coefficient (Wildman–Crippen LogP) is 2.43. The van der Waals surface area contributed by atoms with Crippen molar-refractivity contribution in [1.82, 2.24) is 14.9 Å². The van der Waals surface area contributed by atoms with Crippen molar-refractivity contribution in [2.45, 2.75) is 39.3 Å². The lowest BCUT2D eigenvalue weighted by Gasteiger charge is -2.28. The van der Waals surface area contributed by atoms with Crippen molar-refractivity contribution in [2.24, 2.45) is 0 Å². The van der Waals surface area contributed by atoms with Gasteiger partial charge >= 0.3 is 0 Å². The van der Waals surface area contributed by atoms with Crippen molar-refractivity contribution in [3.8, 4) is 12.3 Å². The summed E-state index contributed by atoms with van der Waals surface area (Å²) in [6.45, 7) is 6.34. The van der Waals surface area contributed by atoms with Crippen LogP contribution >= 0.6 is 0 Å². The number of nitrogens with one attached hydrogen (secondary N) is 1. The lowest BCUT2D eigenvalue weighted by atomic mass is 10.0. The topological polar surface area (TPSA) is 49.0 Å². The number of hydrogen-bond donors (Lipinski definition) is 1. The Morgan fingerprint density at radius 2 is 2.17 bits per heavy atom. The second-order valence-corrected chi connectivity index (χ2v) is 6.29. The number of terminal acetylenes is 1. The number of aromatic amines is 1. The summed E-state index contributed by atoms with van der Waals surface area (Å²) < 4.78 is 0. The third kappa shape index (κ3) is 3.20. The summed E-state index contributed by atoms with van der Waals surface area (Å²) in [6, 6.07) is 7.95. The Morgan fingerprint density at radius 3 is 2.91 bits per heavy atom. The molecule has 0 amide bonds. The monoisotopic (exact) mass is 307 g/mol. The number of aromatic nitrogens is 2. The molecule has 1 aromatic carbocycles. The van der Waals surface area contributed by atoms with Crippen LogP contribution in [0, 0.1) is 12.3 Å². The van der Waals surface area contributed by atoms with Crippen LogP contribution in [0.25, 0.3) is 0 Å². The van der Waals surface area contributed by atoms with Gasteiger partial charge < -0.3 is 4.98 Å². The molecule has 1 aliphatic heterocycles. The van der Waals surface area contributed by atoms with Crippen LogP contribution in [0.3, 0.4) is 0 Å². The van der Waals surface area contributed by atoms with Crippen LogP contribution in [-0.4, -0.2) is 21.4 Å². The van der Waals surface area contributed by atoms with Crippen molar-refractivity contribution in [3.05, 3.63) is 62.8 Å². The van der Waals surface area contributed by atoms with Crippen molar-refractivity contribution < 1.29 is 0 Å². The van der Waals surface area contributed by atoms with Crippen LogP contribution in [0.5, 0.6) is 0 Å². The highest BCUT2D eigenvalue weighted by molar-refractivity contribution is 5.39. The Hall–Kier alpha value is -2.38. The second-order valence-electron chi connectivity index (χ2n) is 6.29. The fourth-order valence-corrected chi connectivity index (χ4v) is 2.95. The molecule has 1 aliphatic rings. The van der Waals surface area contributed by atoms with Gasteiger partial charge in [-0.1, -0.05) is 38.0 Å². The van der Waals surface area contributed by atoms with Crippen molar-refractivity contribution >= 4 is 0 Å². The van der Waals surface area contributed by atoms with E-state index in [9.17, 15) is 4.79 Å². The van der Waals surface area contributed by atoms with Crippen LogP contribution < -0.4 is 5.56 Å². The maximum absolute atomic E-state index is 12.4. The molecule has 3 rings (SSSR count). The molecule has 1 aromatic heterocycles. The van der Waals surface area contributed by atoms with Gasteiger partial charge in [0.05, 0.1) is 11.3 Å². The molecule has 1 N–H and O–H groups in total. The molecule has 0 atom stereocenters. The highest BCUT2D eigenvalue weighted by atomic mass is 16.1. The molecule has 0 saturated carbocycles. The summed E-state index contributed by atoms with van der Waals surface area (Å²) in [4.78, 5) is 22.2. The quantitative estimate of drug-likeness (QED) is 0.886. The first-order valence-electron chi connectivity index (χ1n) is 7.97. The Bertz CT molecular complexity index is 814. The summed E-state index contributed by atoms with van der Waals surface area (Å²) in [7, 11) is 0. The molecule has 0 saturated heterocycles. The van der Waals surface area contributed by atoms with E-state index in [2.05, 4.69) is 26.9 Å². The third-order valence-electron chi connectivity index (χ3n) is 4.28. The van der Waals surface area contributed by atoms with Gasteiger partial charge in [-0.15, -0.1) is 6.42 Å². The van der Waals surface area contributed by atoms with Gasteiger partial charge in [0.1, 0.15) is 5.82 Å². The van der Waals surface area contributed by atoms with Gasteiger partial charge in [0, 0.05) is 37.5 Å². The zero-order chi connectivity index (χ0) is 16.4. The van der Waals surface area contributed by atoms with Crippen molar-refractivity contribution in [1.29, 1.82) is 0 Å². The van der Waals surface area contributed by atoms with Gasteiger partial charge in [-0.3, -0.25) is 9.69 Å². The Labute approximate surface area is 136 Å². The van der Waals surface area contributed by atoms with E-state index in [1.807, 2.05) is 32.0 Å². The number of hydrogen-bond acceptors (Lipinski definition) is 3. The molecule has 0 bridgehead atoms. The number of benzene rings is 1. The minimum Gasteiger partial charge on any atom is -0.310 e.